The maximum absolute atomic E-state index is 13.5. The fourth-order valence-corrected chi connectivity index (χ4v) is 2.39. The zero-order chi connectivity index (χ0) is 20.1. The van der Waals surface area contributed by atoms with Crippen molar-refractivity contribution in [2.24, 2.45) is 0 Å². The average Bonchev–Trinajstić information content (AvgIpc) is 2.62. The van der Waals surface area contributed by atoms with Gasteiger partial charge >= 0.3 is 0 Å². The highest BCUT2D eigenvalue weighted by molar-refractivity contribution is 9.10. The Labute approximate surface area is 159 Å². The lowest BCUT2D eigenvalue weighted by atomic mass is 10.2. The van der Waals surface area contributed by atoms with Gasteiger partial charge in [-0.1, -0.05) is 0 Å². The predicted molar refractivity (Wildman–Crippen MR) is 92.1 cm³/mol. The molecule has 0 aliphatic carbocycles. The summed E-state index contributed by atoms with van der Waals surface area (Å²) in [6.07, 6.45) is -1.03. The molecule has 0 bridgehead atoms. The summed E-state index contributed by atoms with van der Waals surface area (Å²) in [5, 5.41) is 4.26. The Bertz CT molecular complexity index is 879. The molecule has 1 atom stereocenters. The number of anilines is 1. The van der Waals surface area contributed by atoms with Gasteiger partial charge in [0.05, 0.1) is 16.7 Å². The quantitative estimate of drug-likeness (QED) is 0.524. The Kier molecular flexibility index (Phi) is 6.78. The third-order valence-electron chi connectivity index (χ3n) is 3.30. The predicted octanol–water partition coefficient (Wildman–Crippen LogP) is 3.53. The maximum atomic E-state index is 13.5. The Balaban J connectivity index is 1.89. The highest BCUT2D eigenvalue weighted by atomic mass is 79.9. The Morgan fingerprint density at radius 3 is 2.48 bits per heavy atom. The monoisotopic (exact) mass is 448 g/mol. The third kappa shape index (κ3) is 5.43. The first kappa shape index (κ1) is 20.7. The van der Waals surface area contributed by atoms with Crippen LogP contribution in [0.2, 0.25) is 0 Å². The zero-order valence-electron chi connectivity index (χ0n) is 13.8. The molecule has 0 aliphatic rings. The van der Waals surface area contributed by atoms with Crippen molar-refractivity contribution in [3.63, 3.8) is 0 Å². The molecule has 0 saturated heterocycles. The van der Waals surface area contributed by atoms with Gasteiger partial charge < -0.3 is 15.4 Å². The summed E-state index contributed by atoms with van der Waals surface area (Å²) in [6, 6.07) is 5.13. The minimum atomic E-state index is -1.72. The van der Waals surface area contributed by atoms with Gasteiger partial charge in [-0.2, -0.15) is 0 Å². The van der Waals surface area contributed by atoms with Crippen LogP contribution in [0.4, 0.5) is 23.2 Å². The molecule has 5 nitrogen and oxygen atoms in total. The van der Waals surface area contributed by atoms with Gasteiger partial charge in [0.1, 0.15) is 11.6 Å². The molecule has 0 aliphatic heterocycles. The number of carbonyl (C=O) groups excluding carboxylic acids is 2. The lowest BCUT2D eigenvalue weighted by Crippen LogP contribution is -2.40. The van der Waals surface area contributed by atoms with Crippen molar-refractivity contribution in [3.05, 3.63) is 58.1 Å². The van der Waals surface area contributed by atoms with E-state index in [9.17, 15) is 27.2 Å². The summed E-state index contributed by atoms with van der Waals surface area (Å²) in [7, 11) is 0. The SMILES string of the molecule is CC(Oc1ccc(F)cc1Br)C(=O)NCC(=O)Nc1ccc(F)c(F)c1F. The van der Waals surface area contributed by atoms with Gasteiger partial charge in [-0.05, 0) is 53.2 Å². The maximum Gasteiger partial charge on any atom is 0.261 e. The number of halogens is 5. The van der Waals surface area contributed by atoms with Crippen LogP contribution >= 0.6 is 15.9 Å². The first-order valence-corrected chi connectivity index (χ1v) is 8.31. The average molecular weight is 449 g/mol. The van der Waals surface area contributed by atoms with E-state index in [0.717, 1.165) is 18.2 Å². The van der Waals surface area contributed by atoms with Crippen LogP contribution in [0.25, 0.3) is 0 Å². The largest absolute Gasteiger partial charge is 0.480 e. The molecule has 2 N–H and O–H groups in total. The summed E-state index contributed by atoms with van der Waals surface area (Å²) in [4.78, 5) is 23.7. The van der Waals surface area contributed by atoms with E-state index >= 15 is 0 Å². The summed E-state index contributed by atoms with van der Waals surface area (Å²) < 4.78 is 58.1. The van der Waals surface area contributed by atoms with Crippen molar-refractivity contribution in [1.82, 2.24) is 5.32 Å². The van der Waals surface area contributed by atoms with E-state index in [1.54, 1.807) is 0 Å². The van der Waals surface area contributed by atoms with E-state index in [0.29, 0.717) is 10.5 Å². The number of hydrogen-bond acceptors (Lipinski definition) is 3. The van der Waals surface area contributed by atoms with Gasteiger partial charge in [-0.25, -0.2) is 17.6 Å². The molecule has 0 aromatic heterocycles. The van der Waals surface area contributed by atoms with E-state index in [1.807, 2.05) is 5.32 Å². The zero-order valence-corrected chi connectivity index (χ0v) is 15.4. The van der Waals surface area contributed by atoms with E-state index < -0.39 is 53.4 Å². The number of ether oxygens (including phenoxy) is 1. The summed E-state index contributed by atoms with van der Waals surface area (Å²) in [5.74, 6) is -6.47. The van der Waals surface area contributed by atoms with Gasteiger partial charge in [0.25, 0.3) is 5.91 Å². The van der Waals surface area contributed by atoms with Gasteiger partial charge in [0.15, 0.2) is 23.6 Å². The van der Waals surface area contributed by atoms with Gasteiger partial charge in [0.2, 0.25) is 5.91 Å². The van der Waals surface area contributed by atoms with Crippen LogP contribution in [0, 0.1) is 23.3 Å². The number of carbonyl (C=O) groups is 2. The molecule has 2 rings (SSSR count). The van der Waals surface area contributed by atoms with E-state index in [2.05, 4.69) is 21.2 Å². The lowest BCUT2D eigenvalue weighted by molar-refractivity contribution is -0.129. The smallest absolute Gasteiger partial charge is 0.261 e. The summed E-state index contributed by atoms with van der Waals surface area (Å²) >= 11 is 3.09. The van der Waals surface area contributed by atoms with E-state index in [1.165, 1.54) is 13.0 Å². The molecule has 0 heterocycles. The topological polar surface area (TPSA) is 67.4 Å². The molecule has 0 radical (unpaired) electrons. The number of amides is 2. The van der Waals surface area contributed by atoms with Crippen LogP contribution in [0.15, 0.2) is 34.8 Å². The van der Waals surface area contributed by atoms with Crippen LogP contribution in [-0.4, -0.2) is 24.5 Å². The van der Waals surface area contributed by atoms with Crippen LogP contribution in [0.5, 0.6) is 5.75 Å². The molecular weight excluding hydrogens is 436 g/mol. The van der Waals surface area contributed by atoms with Crippen molar-refractivity contribution in [1.29, 1.82) is 0 Å². The van der Waals surface area contributed by atoms with Gasteiger partial charge in [-0.3, -0.25) is 9.59 Å². The molecule has 2 amide bonds. The van der Waals surface area contributed by atoms with Crippen molar-refractivity contribution >= 4 is 33.4 Å². The molecule has 2 aromatic carbocycles. The number of nitrogens with one attached hydrogen (secondary N) is 2. The third-order valence-corrected chi connectivity index (χ3v) is 3.92. The fraction of sp³-hybridized carbons (Fsp3) is 0.176. The first-order chi connectivity index (χ1) is 12.7. The second-order valence-corrected chi connectivity index (χ2v) is 6.18. The minimum Gasteiger partial charge on any atom is -0.480 e. The van der Waals surface area contributed by atoms with Crippen molar-refractivity contribution in [2.75, 3.05) is 11.9 Å². The van der Waals surface area contributed by atoms with Crippen molar-refractivity contribution < 1.29 is 31.9 Å². The van der Waals surface area contributed by atoms with Crippen LogP contribution < -0.4 is 15.4 Å². The van der Waals surface area contributed by atoms with E-state index in [4.69, 9.17) is 4.74 Å². The molecule has 2 aromatic rings. The molecule has 144 valence electrons. The van der Waals surface area contributed by atoms with E-state index in [-0.39, 0.29) is 5.75 Å². The second kappa shape index (κ2) is 8.85. The Hall–Kier alpha value is -2.62. The molecular formula is C17H13BrF4N2O3. The van der Waals surface area contributed by atoms with Crippen molar-refractivity contribution in [2.45, 2.75) is 13.0 Å². The summed E-state index contributed by atoms with van der Waals surface area (Å²) in [5.41, 5.74) is -0.562. The molecule has 10 heteroatoms. The summed E-state index contributed by atoms with van der Waals surface area (Å²) in [6.45, 7) is 0.841. The normalized spacial score (nSPS) is 11.6. The Morgan fingerprint density at radius 1 is 1.11 bits per heavy atom. The first-order valence-electron chi connectivity index (χ1n) is 7.51. The van der Waals surface area contributed by atoms with Crippen LogP contribution in [0.1, 0.15) is 6.92 Å². The fourth-order valence-electron chi connectivity index (χ4n) is 1.94. The highest BCUT2D eigenvalue weighted by Gasteiger charge is 2.19. The second-order valence-electron chi connectivity index (χ2n) is 5.32. The van der Waals surface area contributed by atoms with Crippen LogP contribution in [-0.2, 0) is 9.59 Å². The van der Waals surface area contributed by atoms with Crippen molar-refractivity contribution in [3.8, 4) is 5.75 Å². The standard InChI is InChI=1S/C17H13BrF4N2O3/c1-8(27-13-5-2-9(19)6-10(13)18)17(26)23-7-14(25)24-12-4-3-11(20)15(21)16(12)22/h2-6,8H,7H2,1H3,(H,23,26)(H,24,25). The molecule has 0 spiro atoms. The molecule has 1 unspecified atom stereocenters. The van der Waals surface area contributed by atoms with Gasteiger partial charge in [0, 0.05) is 0 Å². The lowest BCUT2D eigenvalue weighted by Gasteiger charge is -2.15. The molecule has 0 fully saturated rings. The van der Waals surface area contributed by atoms with Crippen LogP contribution in [0.3, 0.4) is 0 Å². The number of rotatable bonds is 6. The molecule has 27 heavy (non-hydrogen) atoms. The van der Waals surface area contributed by atoms with Gasteiger partial charge in [-0.15, -0.1) is 0 Å². The molecule has 0 saturated carbocycles. The minimum absolute atomic E-state index is 0.215. The highest BCUT2D eigenvalue weighted by Crippen LogP contribution is 2.26. The Morgan fingerprint density at radius 2 is 1.81 bits per heavy atom. The number of benzene rings is 2. The number of hydrogen-bond donors (Lipinski definition) is 2.